The molecule has 0 amide bonds. The number of aliphatic hydroxyl groups excluding tert-OH is 1. The summed E-state index contributed by atoms with van der Waals surface area (Å²) in [7, 11) is 0. The number of nitrogens with one attached hydrogen (secondary N) is 1. The predicted molar refractivity (Wildman–Crippen MR) is 129 cm³/mol. The van der Waals surface area contributed by atoms with Gasteiger partial charge in [-0.15, -0.1) is 0 Å². The smallest absolute Gasteiger partial charge is 0.296 e. The predicted octanol–water partition coefficient (Wildman–Crippen LogP) is 4.47. The third-order valence-electron chi connectivity index (χ3n) is 6.50. The first-order valence-electron chi connectivity index (χ1n) is 11.3. The Hall–Kier alpha value is -2.97. The first kappa shape index (κ1) is 21.6. The number of pyridine rings is 1. The van der Waals surface area contributed by atoms with Crippen molar-refractivity contribution in [2.75, 3.05) is 13.2 Å². The molecule has 34 heavy (non-hydrogen) atoms. The van der Waals surface area contributed by atoms with Gasteiger partial charge in [-0.05, 0) is 36.6 Å². The maximum absolute atomic E-state index is 9.92. The topological polar surface area (TPSA) is 89.5 Å². The van der Waals surface area contributed by atoms with E-state index in [1.165, 1.54) is 16.7 Å². The number of H-pyrrole nitrogens is 1. The maximum Gasteiger partial charge on any atom is 0.296 e. The van der Waals surface area contributed by atoms with E-state index in [-0.39, 0.29) is 24.9 Å². The van der Waals surface area contributed by atoms with Gasteiger partial charge in [0, 0.05) is 5.56 Å². The molecule has 2 aliphatic heterocycles. The van der Waals surface area contributed by atoms with Gasteiger partial charge in [0.15, 0.2) is 11.8 Å². The molecule has 4 heterocycles. The van der Waals surface area contributed by atoms with Gasteiger partial charge in [-0.2, -0.15) is 4.98 Å². The van der Waals surface area contributed by atoms with Crippen LogP contribution in [0.1, 0.15) is 11.1 Å². The second-order valence-electron chi connectivity index (χ2n) is 8.95. The number of fused-ring (bicyclic) bond motifs is 2. The van der Waals surface area contributed by atoms with E-state index in [2.05, 4.69) is 54.1 Å². The summed E-state index contributed by atoms with van der Waals surface area (Å²) in [6.45, 7) is 4.80. The van der Waals surface area contributed by atoms with Crippen LogP contribution in [0.5, 0.6) is 6.01 Å². The van der Waals surface area contributed by atoms with Crippen molar-refractivity contribution in [1.82, 2.24) is 15.0 Å². The highest BCUT2D eigenvalue weighted by atomic mass is 35.5. The molecule has 8 heteroatoms. The average molecular weight is 478 g/mol. The van der Waals surface area contributed by atoms with Gasteiger partial charge < -0.3 is 24.3 Å². The number of imidazole rings is 1. The van der Waals surface area contributed by atoms with E-state index in [1.54, 1.807) is 6.07 Å². The highest BCUT2D eigenvalue weighted by Gasteiger charge is 2.48. The molecule has 174 valence electrons. The maximum atomic E-state index is 9.92. The largest absolute Gasteiger partial charge is 0.456 e. The first-order chi connectivity index (χ1) is 16.5. The third-order valence-corrected chi connectivity index (χ3v) is 6.79. The van der Waals surface area contributed by atoms with Gasteiger partial charge in [0.25, 0.3) is 6.01 Å². The normalized spacial score (nSPS) is 24.0. The zero-order valence-electron chi connectivity index (χ0n) is 18.8. The molecule has 2 aromatic heterocycles. The number of aromatic amines is 1. The second kappa shape index (κ2) is 8.36. The second-order valence-corrected chi connectivity index (χ2v) is 9.35. The molecule has 6 rings (SSSR count). The molecule has 2 saturated heterocycles. The van der Waals surface area contributed by atoms with E-state index in [9.17, 15) is 5.11 Å². The van der Waals surface area contributed by atoms with Crippen molar-refractivity contribution in [1.29, 1.82) is 0 Å². The van der Waals surface area contributed by atoms with E-state index < -0.39 is 6.10 Å². The fraction of sp³-hybridized carbons (Fsp3) is 0.308. The standard InChI is InChI=1S/C26H24ClN3O4/c1-13-3-8-17(14(2)9-13)15-4-6-16(7-5-15)22-18(27)10-19-25(29-22)30-26(28-19)34-21-12-33-23-20(31)11-32-24(21)23/h3-10,20-21,23-24,31H,11-12H2,1-2H3,(H,28,29,30)/t20-,21-,23-,24-/m1/s1. The highest BCUT2D eigenvalue weighted by molar-refractivity contribution is 6.33. The van der Waals surface area contributed by atoms with E-state index in [1.807, 2.05) is 12.1 Å². The summed E-state index contributed by atoms with van der Waals surface area (Å²) in [5.41, 5.74) is 7.60. The number of benzene rings is 2. The van der Waals surface area contributed by atoms with Crippen molar-refractivity contribution < 1.29 is 19.3 Å². The molecule has 0 aliphatic carbocycles. The summed E-state index contributed by atoms with van der Waals surface area (Å²) >= 11 is 6.59. The fourth-order valence-electron chi connectivity index (χ4n) is 4.79. The van der Waals surface area contributed by atoms with Gasteiger partial charge in [0.1, 0.15) is 18.3 Å². The molecule has 2 fully saturated rings. The molecule has 4 atom stereocenters. The van der Waals surface area contributed by atoms with Crippen LogP contribution in [0.3, 0.4) is 0 Å². The Kier molecular flexibility index (Phi) is 5.30. The molecule has 7 nitrogen and oxygen atoms in total. The van der Waals surface area contributed by atoms with E-state index in [4.69, 9.17) is 30.8 Å². The molecular weight excluding hydrogens is 454 g/mol. The molecule has 0 unspecified atom stereocenters. The van der Waals surface area contributed by atoms with Crippen LogP contribution in [0, 0.1) is 13.8 Å². The molecule has 0 radical (unpaired) electrons. The van der Waals surface area contributed by atoms with Crippen LogP contribution in [-0.2, 0) is 9.47 Å². The Morgan fingerprint density at radius 2 is 1.74 bits per heavy atom. The molecular formula is C26H24ClN3O4. The molecule has 4 aromatic rings. The summed E-state index contributed by atoms with van der Waals surface area (Å²) in [6.07, 6.45) is -1.65. The van der Waals surface area contributed by atoms with Crippen molar-refractivity contribution >= 4 is 22.8 Å². The molecule has 0 spiro atoms. The van der Waals surface area contributed by atoms with E-state index in [0.29, 0.717) is 34.5 Å². The summed E-state index contributed by atoms with van der Waals surface area (Å²) in [5.74, 6) is 0. The molecule has 0 saturated carbocycles. The summed E-state index contributed by atoms with van der Waals surface area (Å²) in [6, 6.07) is 16.8. The van der Waals surface area contributed by atoms with Crippen molar-refractivity contribution in [3.63, 3.8) is 0 Å². The summed E-state index contributed by atoms with van der Waals surface area (Å²) in [4.78, 5) is 12.3. The number of hydrogen-bond donors (Lipinski definition) is 2. The summed E-state index contributed by atoms with van der Waals surface area (Å²) < 4.78 is 17.2. The van der Waals surface area contributed by atoms with Crippen LogP contribution in [0.2, 0.25) is 5.02 Å². The SMILES string of the molecule is Cc1ccc(-c2ccc(-c3nc4nc(O[C@@H]5CO[C@H]6[C@@H]5OC[C@H]6O)[nH]c4cc3Cl)cc2)c(C)c1. The van der Waals surface area contributed by atoms with Crippen LogP contribution in [0.25, 0.3) is 33.5 Å². The Morgan fingerprint density at radius 1 is 0.971 bits per heavy atom. The number of hydrogen-bond acceptors (Lipinski definition) is 6. The lowest BCUT2D eigenvalue weighted by molar-refractivity contribution is 0.00706. The Labute approximate surface area is 201 Å². The zero-order valence-corrected chi connectivity index (χ0v) is 19.5. The Morgan fingerprint density at radius 3 is 2.53 bits per heavy atom. The number of rotatable bonds is 4. The summed E-state index contributed by atoms with van der Waals surface area (Å²) in [5, 5.41) is 10.4. The number of aryl methyl sites for hydroxylation is 2. The van der Waals surface area contributed by atoms with Gasteiger partial charge in [0.05, 0.1) is 29.4 Å². The third kappa shape index (κ3) is 3.75. The fourth-order valence-corrected chi connectivity index (χ4v) is 5.05. The van der Waals surface area contributed by atoms with Gasteiger partial charge in [-0.25, -0.2) is 4.98 Å². The number of ether oxygens (including phenoxy) is 3. The molecule has 2 aliphatic rings. The van der Waals surface area contributed by atoms with Crippen molar-refractivity contribution in [3.8, 4) is 28.4 Å². The van der Waals surface area contributed by atoms with Crippen molar-refractivity contribution in [2.45, 2.75) is 38.3 Å². The van der Waals surface area contributed by atoms with Crippen LogP contribution in [0.4, 0.5) is 0 Å². The molecule has 2 aromatic carbocycles. The van der Waals surface area contributed by atoms with Crippen LogP contribution in [-0.4, -0.2) is 57.7 Å². The van der Waals surface area contributed by atoms with Crippen LogP contribution in [0.15, 0.2) is 48.5 Å². The molecule has 2 N–H and O–H groups in total. The lowest BCUT2D eigenvalue weighted by Gasteiger charge is -2.15. The first-order valence-corrected chi connectivity index (χ1v) is 11.7. The van der Waals surface area contributed by atoms with E-state index >= 15 is 0 Å². The van der Waals surface area contributed by atoms with Crippen LogP contribution < -0.4 is 4.74 Å². The number of aromatic nitrogens is 3. The van der Waals surface area contributed by atoms with Crippen molar-refractivity contribution in [3.05, 3.63) is 64.7 Å². The highest BCUT2D eigenvalue weighted by Crippen LogP contribution is 2.33. The minimum atomic E-state index is -0.626. The zero-order chi connectivity index (χ0) is 23.4. The minimum absolute atomic E-state index is 0.248. The number of aliphatic hydroxyl groups is 1. The van der Waals surface area contributed by atoms with E-state index in [0.717, 1.165) is 11.1 Å². The number of nitrogens with zero attached hydrogens (tertiary/aromatic N) is 2. The minimum Gasteiger partial charge on any atom is -0.456 e. The average Bonchev–Trinajstić information content (AvgIpc) is 3.50. The molecule has 0 bridgehead atoms. The lowest BCUT2D eigenvalue weighted by Crippen LogP contribution is -2.34. The van der Waals surface area contributed by atoms with Crippen molar-refractivity contribution in [2.24, 2.45) is 0 Å². The van der Waals surface area contributed by atoms with Gasteiger partial charge in [-0.3, -0.25) is 0 Å². The van der Waals surface area contributed by atoms with Gasteiger partial charge >= 0.3 is 0 Å². The quantitative estimate of drug-likeness (QED) is 0.451. The number of halogens is 1. The van der Waals surface area contributed by atoms with Gasteiger partial charge in [-0.1, -0.05) is 59.6 Å². The monoisotopic (exact) mass is 477 g/mol. The van der Waals surface area contributed by atoms with Crippen LogP contribution >= 0.6 is 11.6 Å². The Bertz CT molecular complexity index is 1370. The van der Waals surface area contributed by atoms with Gasteiger partial charge in [0.2, 0.25) is 0 Å². The Balaban J connectivity index is 1.26. The lowest BCUT2D eigenvalue weighted by atomic mass is 9.97.